The summed E-state index contributed by atoms with van der Waals surface area (Å²) in [6.07, 6.45) is 0. The summed E-state index contributed by atoms with van der Waals surface area (Å²) < 4.78 is 11.6. The first kappa shape index (κ1) is 14.5. The molecule has 0 spiro atoms. The highest BCUT2D eigenvalue weighted by atomic mass is 35.5. The van der Waals surface area contributed by atoms with Crippen molar-refractivity contribution in [2.24, 2.45) is 5.73 Å². The molecular formula is C16H15Cl2NO2. The van der Waals surface area contributed by atoms with Crippen LogP contribution in [0.15, 0.2) is 36.4 Å². The molecule has 3 nitrogen and oxygen atoms in total. The first-order chi connectivity index (χ1) is 10.2. The second kappa shape index (κ2) is 6.14. The molecule has 0 fully saturated rings. The number of para-hydroxylation sites is 1. The highest BCUT2D eigenvalue weighted by molar-refractivity contribution is 6.35. The Balaban J connectivity index is 1.78. The maximum Gasteiger partial charge on any atom is 0.142 e. The zero-order valence-electron chi connectivity index (χ0n) is 11.3. The van der Waals surface area contributed by atoms with Gasteiger partial charge in [0.05, 0.1) is 24.2 Å². The molecular weight excluding hydrogens is 309 g/mol. The van der Waals surface area contributed by atoms with Crippen LogP contribution in [0.4, 0.5) is 0 Å². The van der Waals surface area contributed by atoms with E-state index in [1.807, 2.05) is 18.2 Å². The van der Waals surface area contributed by atoms with Gasteiger partial charge in [0.15, 0.2) is 0 Å². The maximum atomic E-state index is 6.20. The molecule has 1 aliphatic rings. The molecule has 0 aromatic heterocycles. The van der Waals surface area contributed by atoms with Crippen molar-refractivity contribution in [1.82, 2.24) is 0 Å². The van der Waals surface area contributed by atoms with E-state index in [1.54, 1.807) is 12.1 Å². The summed E-state index contributed by atoms with van der Waals surface area (Å²) in [6, 6.07) is 11.4. The van der Waals surface area contributed by atoms with E-state index >= 15 is 0 Å². The molecule has 0 amide bonds. The third-order valence-corrected chi connectivity index (χ3v) is 4.03. The highest BCUT2D eigenvalue weighted by Gasteiger charge is 2.24. The minimum absolute atomic E-state index is 0.193. The van der Waals surface area contributed by atoms with Crippen LogP contribution in [0.25, 0.3) is 0 Å². The zero-order valence-corrected chi connectivity index (χ0v) is 12.8. The van der Waals surface area contributed by atoms with E-state index in [0.717, 1.165) is 16.9 Å². The molecule has 21 heavy (non-hydrogen) atoms. The molecule has 0 aliphatic carbocycles. The number of halogens is 2. The van der Waals surface area contributed by atoms with E-state index in [-0.39, 0.29) is 5.92 Å². The van der Waals surface area contributed by atoms with Gasteiger partial charge in [-0.1, -0.05) is 41.4 Å². The summed E-state index contributed by atoms with van der Waals surface area (Å²) >= 11 is 12.2. The van der Waals surface area contributed by atoms with Gasteiger partial charge < -0.3 is 15.2 Å². The fourth-order valence-corrected chi connectivity index (χ4v) is 3.07. The number of fused-ring (bicyclic) bond motifs is 1. The van der Waals surface area contributed by atoms with Crippen molar-refractivity contribution < 1.29 is 9.47 Å². The predicted molar refractivity (Wildman–Crippen MR) is 84.5 cm³/mol. The van der Waals surface area contributed by atoms with Crippen molar-refractivity contribution in [1.29, 1.82) is 0 Å². The summed E-state index contributed by atoms with van der Waals surface area (Å²) in [5, 5.41) is 1.04. The first-order valence-corrected chi connectivity index (χ1v) is 7.47. The van der Waals surface area contributed by atoms with Gasteiger partial charge in [-0.2, -0.15) is 0 Å². The summed E-state index contributed by atoms with van der Waals surface area (Å²) in [5.74, 6) is 1.72. The first-order valence-electron chi connectivity index (χ1n) is 6.71. The normalized spacial score (nSPS) is 16.4. The summed E-state index contributed by atoms with van der Waals surface area (Å²) in [6.45, 7) is 1.43. The molecule has 0 bridgehead atoms. The van der Waals surface area contributed by atoms with Gasteiger partial charge in [-0.25, -0.2) is 0 Å². The maximum absolute atomic E-state index is 6.20. The molecule has 110 valence electrons. The van der Waals surface area contributed by atoms with Crippen LogP contribution in [-0.4, -0.2) is 13.2 Å². The van der Waals surface area contributed by atoms with Crippen molar-refractivity contribution in [3.8, 4) is 11.5 Å². The van der Waals surface area contributed by atoms with Gasteiger partial charge in [-0.05, 0) is 18.2 Å². The molecule has 1 aliphatic heterocycles. The molecule has 0 saturated heterocycles. The quantitative estimate of drug-likeness (QED) is 0.924. The molecule has 1 unspecified atom stereocenters. The lowest BCUT2D eigenvalue weighted by atomic mass is 10.0. The van der Waals surface area contributed by atoms with Crippen molar-refractivity contribution in [2.45, 2.75) is 12.5 Å². The summed E-state index contributed by atoms with van der Waals surface area (Å²) in [5.41, 5.74) is 7.70. The Morgan fingerprint density at radius 3 is 2.86 bits per heavy atom. The Kier molecular flexibility index (Phi) is 4.24. The summed E-state index contributed by atoms with van der Waals surface area (Å²) in [4.78, 5) is 0. The topological polar surface area (TPSA) is 44.5 Å². The van der Waals surface area contributed by atoms with Crippen LogP contribution in [-0.2, 0) is 6.54 Å². The minimum Gasteiger partial charge on any atom is -0.493 e. The SMILES string of the molecule is NCc1cc(Cl)cc(Cl)c1OCC1COc2ccccc21. The van der Waals surface area contributed by atoms with Gasteiger partial charge in [-0.3, -0.25) is 0 Å². The monoisotopic (exact) mass is 323 g/mol. The van der Waals surface area contributed by atoms with Crippen LogP contribution in [0.3, 0.4) is 0 Å². The number of hydrogen-bond acceptors (Lipinski definition) is 3. The van der Waals surface area contributed by atoms with Crippen molar-refractivity contribution in [3.05, 3.63) is 57.6 Å². The second-order valence-corrected chi connectivity index (χ2v) is 5.78. The Morgan fingerprint density at radius 2 is 2.05 bits per heavy atom. The van der Waals surface area contributed by atoms with E-state index in [9.17, 15) is 0 Å². The van der Waals surface area contributed by atoms with Gasteiger partial charge in [-0.15, -0.1) is 0 Å². The Hall–Kier alpha value is -1.42. The van der Waals surface area contributed by atoms with E-state index in [2.05, 4.69) is 6.07 Å². The standard InChI is InChI=1S/C16H15Cl2NO2/c17-12-5-10(7-19)16(14(18)6-12)21-9-11-8-20-15-4-2-1-3-13(11)15/h1-6,11H,7-9,19H2. The van der Waals surface area contributed by atoms with Gasteiger partial charge >= 0.3 is 0 Å². The van der Waals surface area contributed by atoms with Crippen LogP contribution < -0.4 is 15.2 Å². The predicted octanol–water partition coefficient (Wildman–Crippen LogP) is 4.01. The van der Waals surface area contributed by atoms with E-state index in [4.69, 9.17) is 38.4 Å². The molecule has 5 heteroatoms. The molecule has 2 aromatic carbocycles. The third-order valence-electron chi connectivity index (χ3n) is 3.53. The minimum atomic E-state index is 0.193. The van der Waals surface area contributed by atoms with Gasteiger partial charge in [0.2, 0.25) is 0 Å². The largest absolute Gasteiger partial charge is 0.493 e. The molecule has 2 aromatic rings. The fourth-order valence-electron chi connectivity index (χ4n) is 2.48. The Labute approximate surface area is 133 Å². The smallest absolute Gasteiger partial charge is 0.142 e. The highest BCUT2D eigenvalue weighted by Crippen LogP contribution is 2.36. The van der Waals surface area contributed by atoms with E-state index in [1.165, 1.54) is 0 Å². The van der Waals surface area contributed by atoms with Crippen LogP contribution in [0, 0.1) is 0 Å². The van der Waals surface area contributed by atoms with Crippen molar-refractivity contribution in [2.75, 3.05) is 13.2 Å². The molecule has 1 atom stereocenters. The lowest BCUT2D eigenvalue weighted by molar-refractivity contribution is 0.247. The Bertz CT molecular complexity index is 661. The van der Waals surface area contributed by atoms with Crippen LogP contribution in [0.1, 0.15) is 17.0 Å². The van der Waals surface area contributed by atoms with Crippen LogP contribution >= 0.6 is 23.2 Å². The number of hydrogen-bond donors (Lipinski definition) is 1. The van der Waals surface area contributed by atoms with E-state index < -0.39 is 0 Å². The molecule has 0 saturated carbocycles. The molecule has 0 radical (unpaired) electrons. The number of benzene rings is 2. The van der Waals surface area contributed by atoms with Crippen LogP contribution in [0.5, 0.6) is 11.5 Å². The number of nitrogens with two attached hydrogens (primary N) is 1. The molecule has 1 heterocycles. The third kappa shape index (κ3) is 2.95. The average Bonchev–Trinajstić information content (AvgIpc) is 2.89. The van der Waals surface area contributed by atoms with Gasteiger partial charge in [0.25, 0.3) is 0 Å². The summed E-state index contributed by atoms with van der Waals surface area (Å²) in [7, 11) is 0. The molecule has 2 N–H and O–H groups in total. The molecule has 3 rings (SSSR count). The van der Waals surface area contributed by atoms with Gasteiger partial charge in [0.1, 0.15) is 11.5 Å². The lowest BCUT2D eigenvalue weighted by Crippen LogP contribution is -2.13. The number of ether oxygens (including phenoxy) is 2. The Morgan fingerprint density at radius 1 is 1.24 bits per heavy atom. The second-order valence-electron chi connectivity index (χ2n) is 4.94. The van der Waals surface area contributed by atoms with Crippen molar-refractivity contribution in [3.63, 3.8) is 0 Å². The lowest BCUT2D eigenvalue weighted by Gasteiger charge is -2.15. The van der Waals surface area contributed by atoms with E-state index in [0.29, 0.717) is 35.6 Å². The van der Waals surface area contributed by atoms with Gasteiger partial charge in [0, 0.05) is 22.7 Å². The van der Waals surface area contributed by atoms with Crippen molar-refractivity contribution >= 4 is 23.2 Å². The number of rotatable bonds is 4. The zero-order chi connectivity index (χ0) is 14.8. The van der Waals surface area contributed by atoms with Crippen LogP contribution in [0.2, 0.25) is 10.0 Å². The average molecular weight is 324 g/mol. The fraction of sp³-hybridized carbons (Fsp3) is 0.250.